The van der Waals surface area contributed by atoms with Crippen molar-refractivity contribution in [1.82, 2.24) is 19.9 Å². The Morgan fingerprint density at radius 1 is 0.975 bits per heavy atom. The van der Waals surface area contributed by atoms with E-state index in [0.29, 0.717) is 24.0 Å². The Kier molecular flexibility index (Phi) is 7.41. The van der Waals surface area contributed by atoms with Crippen molar-refractivity contribution in [3.63, 3.8) is 0 Å². The highest BCUT2D eigenvalue weighted by molar-refractivity contribution is 6.03. The summed E-state index contributed by atoms with van der Waals surface area (Å²) >= 11 is 0. The Balaban J connectivity index is 1.15. The van der Waals surface area contributed by atoms with Gasteiger partial charge in [-0.15, -0.1) is 0 Å². The smallest absolute Gasteiger partial charge is 0.274 e. The van der Waals surface area contributed by atoms with Crippen LogP contribution in [0.5, 0.6) is 5.75 Å². The quantitative estimate of drug-likeness (QED) is 0.278. The number of benzene rings is 3. The van der Waals surface area contributed by atoms with E-state index in [-0.39, 0.29) is 5.91 Å². The molecule has 0 spiro atoms. The molecule has 6 rings (SSSR count). The number of hydrogen-bond donors (Lipinski definition) is 2. The normalized spacial score (nSPS) is 13.9. The lowest BCUT2D eigenvalue weighted by Crippen LogP contribution is -2.41. The zero-order valence-electron chi connectivity index (χ0n) is 22.5. The number of fused-ring (bicyclic) bond motifs is 1. The highest BCUT2D eigenvalue weighted by atomic mass is 16.5. The van der Waals surface area contributed by atoms with Crippen LogP contribution in [0.3, 0.4) is 0 Å². The van der Waals surface area contributed by atoms with Crippen LogP contribution in [0, 0.1) is 0 Å². The summed E-state index contributed by atoms with van der Waals surface area (Å²) in [7, 11) is 2.02. The first-order chi connectivity index (χ1) is 19.7. The third-order valence-electron chi connectivity index (χ3n) is 7.39. The third-order valence-corrected chi connectivity index (χ3v) is 7.39. The van der Waals surface area contributed by atoms with Gasteiger partial charge in [-0.1, -0.05) is 48.5 Å². The van der Waals surface area contributed by atoms with Gasteiger partial charge in [-0.3, -0.25) is 4.79 Å². The van der Waals surface area contributed by atoms with Crippen LogP contribution < -0.4 is 20.3 Å². The van der Waals surface area contributed by atoms with E-state index in [0.717, 1.165) is 59.7 Å². The van der Waals surface area contributed by atoms with Gasteiger partial charge in [0.15, 0.2) is 5.65 Å². The molecule has 1 aliphatic heterocycles. The molecule has 1 saturated heterocycles. The number of anilines is 2. The summed E-state index contributed by atoms with van der Waals surface area (Å²) in [6, 6.07) is 28.2. The maximum atomic E-state index is 13.2. The zero-order valence-corrected chi connectivity index (χ0v) is 22.5. The predicted octanol–water partition coefficient (Wildman–Crippen LogP) is 5.42. The molecule has 1 aliphatic rings. The second-order valence-corrected chi connectivity index (χ2v) is 9.99. The van der Waals surface area contributed by atoms with E-state index in [2.05, 4.69) is 31.7 Å². The van der Waals surface area contributed by atoms with Gasteiger partial charge in [-0.2, -0.15) is 5.10 Å². The lowest BCUT2D eigenvalue weighted by Gasteiger charge is -2.33. The second kappa shape index (κ2) is 11.6. The van der Waals surface area contributed by atoms with Crippen molar-refractivity contribution in [2.24, 2.45) is 0 Å². The van der Waals surface area contributed by atoms with Crippen LogP contribution in [0.15, 0.2) is 97.3 Å². The Labute approximate surface area is 233 Å². The Morgan fingerprint density at radius 3 is 2.55 bits per heavy atom. The highest BCUT2D eigenvalue weighted by Gasteiger charge is 2.19. The van der Waals surface area contributed by atoms with Crippen LogP contribution in [0.2, 0.25) is 0 Å². The Bertz CT molecular complexity index is 1590. The van der Waals surface area contributed by atoms with Gasteiger partial charge in [0.2, 0.25) is 0 Å². The molecule has 0 atom stereocenters. The largest absolute Gasteiger partial charge is 0.489 e. The number of ether oxygens (including phenoxy) is 1. The van der Waals surface area contributed by atoms with Crippen LogP contribution in [0.4, 0.5) is 11.4 Å². The van der Waals surface area contributed by atoms with Crippen LogP contribution in [0.1, 0.15) is 28.9 Å². The molecule has 3 heterocycles. The fraction of sp³-hybridized carbons (Fsp3) is 0.219. The average Bonchev–Trinajstić information content (AvgIpc) is 3.44. The van der Waals surface area contributed by atoms with Crippen molar-refractivity contribution >= 4 is 22.9 Å². The van der Waals surface area contributed by atoms with E-state index in [4.69, 9.17) is 4.74 Å². The molecule has 8 heteroatoms. The molecule has 0 radical (unpaired) electrons. The highest BCUT2D eigenvalue weighted by Crippen LogP contribution is 2.27. The summed E-state index contributed by atoms with van der Waals surface area (Å²) in [5.41, 5.74) is 5.72. The molecule has 0 bridgehead atoms. The molecular formula is C32H32N6O2. The van der Waals surface area contributed by atoms with Crippen molar-refractivity contribution in [3.05, 3.63) is 109 Å². The van der Waals surface area contributed by atoms with Crippen LogP contribution in [0.25, 0.3) is 16.8 Å². The summed E-state index contributed by atoms with van der Waals surface area (Å²) in [6.07, 6.45) is 5.74. The van der Waals surface area contributed by atoms with E-state index in [1.807, 2.05) is 79.8 Å². The molecule has 1 amide bonds. The van der Waals surface area contributed by atoms with E-state index in [1.165, 1.54) is 0 Å². The molecule has 5 aromatic rings. The topological polar surface area (TPSA) is 83.8 Å². The molecule has 8 nitrogen and oxygen atoms in total. The van der Waals surface area contributed by atoms with Crippen molar-refractivity contribution in [3.8, 4) is 16.9 Å². The predicted molar refractivity (Wildman–Crippen MR) is 158 cm³/mol. The molecule has 2 aromatic heterocycles. The fourth-order valence-electron chi connectivity index (χ4n) is 5.07. The first-order valence-electron chi connectivity index (χ1n) is 13.6. The molecule has 0 unspecified atom stereocenters. The fourth-order valence-corrected chi connectivity index (χ4v) is 5.07. The molecule has 1 fully saturated rings. The van der Waals surface area contributed by atoms with Crippen LogP contribution in [-0.2, 0) is 6.61 Å². The molecule has 0 aliphatic carbocycles. The Hall–Kier alpha value is -4.69. The van der Waals surface area contributed by atoms with Gasteiger partial charge in [0.25, 0.3) is 5.91 Å². The monoisotopic (exact) mass is 532 g/mol. The average molecular weight is 533 g/mol. The summed E-state index contributed by atoms with van der Waals surface area (Å²) in [4.78, 5) is 20.2. The molecule has 0 saturated carbocycles. The third kappa shape index (κ3) is 5.67. The van der Waals surface area contributed by atoms with Gasteiger partial charge in [-0.05, 0) is 67.4 Å². The van der Waals surface area contributed by atoms with E-state index >= 15 is 0 Å². The van der Waals surface area contributed by atoms with Gasteiger partial charge in [-0.25, -0.2) is 9.50 Å². The first-order valence-corrected chi connectivity index (χ1v) is 13.6. The maximum Gasteiger partial charge on any atom is 0.274 e. The number of aromatic nitrogens is 3. The number of piperidine rings is 1. The maximum absolute atomic E-state index is 13.2. The summed E-state index contributed by atoms with van der Waals surface area (Å²) in [6.45, 7) is 2.49. The number of amides is 1. The summed E-state index contributed by atoms with van der Waals surface area (Å²) in [5.74, 6) is 0.524. The standard InChI is InChI=1S/C32H32N6O2/c1-33-25-14-17-37(18-15-25)27-9-5-8-26(20-27)35-32(39)30-16-19-38-31(36-30)29(21-34-38)24-10-12-28(13-11-24)40-22-23-6-3-2-4-7-23/h2-13,16,19-21,25,33H,14-15,17-18,22H2,1H3,(H,35,39). The van der Waals surface area contributed by atoms with Gasteiger partial charge in [0, 0.05) is 42.3 Å². The van der Waals surface area contributed by atoms with Crippen molar-refractivity contribution in [2.45, 2.75) is 25.5 Å². The number of hydrogen-bond acceptors (Lipinski definition) is 6. The summed E-state index contributed by atoms with van der Waals surface area (Å²) < 4.78 is 7.60. The van der Waals surface area contributed by atoms with Gasteiger partial charge < -0.3 is 20.3 Å². The number of rotatable bonds is 8. The SMILES string of the molecule is CNC1CCN(c2cccc(NC(=O)c3ccn4ncc(-c5ccc(OCc6ccccc6)cc5)c4n3)c2)CC1. The van der Waals surface area contributed by atoms with E-state index in [9.17, 15) is 4.79 Å². The van der Waals surface area contributed by atoms with Crippen molar-refractivity contribution in [1.29, 1.82) is 0 Å². The minimum Gasteiger partial charge on any atom is -0.489 e. The zero-order chi connectivity index (χ0) is 27.3. The number of carbonyl (C=O) groups is 1. The number of nitrogens with one attached hydrogen (secondary N) is 2. The minimum atomic E-state index is -0.259. The van der Waals surface area contributed by atoms with Crippen molar-refractivity contribution < 1.29 is 9.53 Å². The van der Waals surface area contributed by atoms with Gasteiger partial charge in [0.1, 0.15) is 18.1 Å². The summed E-state index contributed by atoms with van der Waals surface area (Å²) in [5, 5.41) is 10.8. The molecular weight excluding hydrogens is 500 g/mol. The minimum absolute atomic E-state index is 0.259. The molecule has 3 aromatic carbocycles. The van der Waals surface area contributed by atoms with Gasteiger partial charge >= 0.3 is 0 Å². The van der Waals surface area contributed by atoms with Crippen LogP contribution in [-0.4, -0.2) is 46.7 Å². The van der Waals surface area contributed by atoms with Gasteiger partial charge in [0.05, 0.1) is 6.20 Å². The number of carbonyl (C=O) groups excluding carboxylic acids is 1. The van der Waals surface area contributed by atoms with Crippen LogP contribution >= 0.6 is 0 Å². The molecule has 40 heavy (non-hydrogen) atoms. The Morgan fingerprint density at radius 2 is 1.77 bits per heavy atom. The van der Waals surface area contributed by atoms with E-state index < -0.39 is 0 Å². The van der Waals surface area contributed by atoms with Crippen molar-refractivity contribution in [2.75, 3.05) is 30.4 Å². The second-order valence-electron chi connectivity index (χ2n) is 9.99. The lowest BCUT2D eigenvalue weighted by molar-refractivity contribution is 0.102. The molecule has 202 valence electrons. The van der Waals surface area contributed by atoms with E-state index in [1.54, 1.807) is 23.0 Å². The number of nitrogens with zero attached hydrogens (tertiary/aromatic N) is 4. The molecule has 2 N–H and O–H groups in total. The first kappa shape index (κ1) is 25.6. The lowest BCUT2D eigenvalue weighted by atomic mass is 10.0.